The predicted molar refractivity (Wildman–Crippen MR) is 67.8 cm³/mol. The molecule has 0 bridgehead atoms. The van der Waals surface area contributed by atoms with Crippen LogP contribution in [0.25, 0.3) is 0 Å². The van der Waals surface area contributed by atoms with Gasteiger partial charge in [-0.25, -0.2) is 0 Å². The summed E-state index contributed by atoms with van der Waals surface area (Å²) in [5.74, 6) is -0.140. The summed E-state index contributed by atoms with van der Waals surface area (Å²) in [5.41, 5.74) is 3.89. The first-order valence-electron chi connectivity index (χ1n) is 5.95. The molecule has 0 aliphatic heterocycles. The number of ether oxygens (including phenoxy) is 1. The molecule has 0 atom stereocenters. The van der Waals surface area contributed by atoms with Crippen LogP contribution < -0.4 is 5.32 Å². The fourth-order valence-electron chi connectivity index (χ4n) is 1.80. The van der Waals surface area contributed by atoms with Crippen molar-refractivity contribution in [3.63, 3.8) is 0 Å². The van der Waals surface area contributed by atoms with Gasteiger partial charge in [0.05, 0.1) is 7.11 Å². The highest BCUT2D eigenvalue weighted by Crippen LogP contribution is 2.12. The summed E-state index contributed by atoms with van der Waals surface area (Å²) in [6.45, 7) is 5.92. The number of esters is 1. The molecule has 0 spiro atoms. The van der Waals surface area contributed by atoms with Crippen molar-refractivity contribution >= 4 is 5.97 Å². The lowest BCUT2D eigenvalue weighted by Crippen LogP contribution is -2.16. The third-order valence-corrected chi connectivity index (χ3v) is 3.16. The van der Waals surface area contributed by atoms with E-state index in [-0.39, 0.29) is 5.97 Å². The van der Waals surface area contributed by atoms with E-state index in [1.54, 1.807) is 0 Å². The summed E-state index contributed by atoms with van der Waals surface area (Å²) in [5, 5.41) is 3.34. The van der Waals surface area contributed by atoms with Gasteiger partial charge < -0.3 is 14.6 Å². The summed E-state index contributed by atoms with van der Waals surface area (Å²) >= 11 is 0. The van der Waals surface area contributed by atoms with Crippen LogP contribution in [-0.4, -0.2) is 24.2 Å². The smallest absolute Gasteiger partial charge is 0.305 e. The topological polar surface area (TPSA) is 43.3 Å². The van der Waals surface area contributed by atoms with E-state index < -0.39 is 0 Å². The quantitative estimate of drug-likeness (QED) is 0.606. The fourth-order valence-corrected chi connectivity index (χ4v) is 1.80. The number of nitrogens with zero attached hydrogens (tertiary/aromatic N) is 1. The Bertz CT molecular complexity index is 383. The zero-order valence-corrected chi connectivity index (χ0v) is 11.2. The van der Waals surface area contributed by atoms with E-state index in [2.05, 4.69) is 41.6 Å². The Morgan fingerprint density at radius 3 is 2.71 bits per heavy atom. The number of aryl methyl sites for hydroxylation is 1. The Morgan fingerprint density at radius 2 is 2.18 bits per heavy atom. The van der Waals surface area contributed by atoms with Crippen LogP contribution in [0, 0.1) is 13.8 Å². The van der Waals surface area contributed by atoms with Crippen LogP contribution in [0.5, 0.6) is 0 Å². The molecule has 0 aliphatic rings. The van der Waals surface area contributed by atoms with Crippen molar-refractivity contribution in [3.05, 3.63) is 23.0 Å². The van der Waals surface area contributed by atoms with Crippen molar-refractivity contribution < 1.29 is 9.53 Å². The molecule has 0 aromatic carbocycles. The Kier molecular flexibility index (Phi) is 5.22. The molecule has 17 heavy (non-hydrogen) atoms. The van der Waals surface area contributed by atoms with Gasteiger partial charge in [0.2, 0.25) is 0 Å². The summed E-state index contributed by atoms with van der Waals surface area (Å²) in [6, 6.07) is 2.20. The highest BCUT2D eigenvalue weighted by molar-refractivity contribution is 5.69. The van der Waals surface area contributed by atoms with Crippen LogP contribution in [0.1, 0.15) is 29.8 Å². The highest BCUT2D eigenvalue weighted by atomic mass is 16.5. The number of methoxy groups -OCH3 is 1. The Morgan fingerprint density at radius 1 is 1.47 bits per heavy atom. The number of carbonyl (C=O) groups is 1. The van der Waals surface area contributed by atoms with Crippen molar-refractivity contribution in [3.8, 4) is 0 Å². The van der Waals surface area contributed by atoms with Crippen LogP contribution in [0.15, 0.2) is 6.07 Å². The molecule has 0 unspecified atom stereocenters. The standard InChI is InChI=1S/C13H22N2O2/c1-10-8-12(11(2)15(10)3)9-14-7-5-6-13(16)17-4/h8,14H,5-7,9H2,1-4H3. The molecule has 1 rings (SSSR count). The first-order chi connectivity index (χ1) is 8.06. The predicted octanol–water partition coefficient (Wildman–Crippen LogP) is 1.68. The minimum atomic E-state index is -0.140. The van der Waals surface area contributed by atoms with Crippen LogP contribution in [0.2, 0.25) is 0 Å². The number of hydrogen-bond donors (Lipinski definition) is 1. The average Bonchev–Trinajstić information content (AvgIpc) is 2.56. The molecule has 1 heterocycles. The van der Waals surface area contributed by atoms with E-state index in [4.69, 9.17) is 0 Å². The van der Waals surface area contributed by atoms with Crippen molar-refractivity contribution in [1.29, 1.82) is 0 Å². The lowest BCUT2D eigenvalue weighted by atomic mass is 10.2. The SMILES string of the molecule is COC(=O)CCCNCc1cc(C)n(C)c1C. The van der Waals surface area contributed by atoms with Gasteiger partial charge in [-0.15, -0.1) is 0 Å². The maximum absolute atomic E-state index is 10.9. The van der Waals surface area contributed by atoms with E-state index in [0.717, 1.165) is 19.5 Å². The van der Waals surface area contributed by atoms with E-state index in [1.807, 2.05) is 0 Å². The van der Waals surface area contributed by atoms with Crippen LogP contribution >= 0.6 is 0 Å². The van der Waals surface area contributed by atoms with Gasteiger partial charge in [-0.1, -0.05) is 0 Å². The number of aromatic nitrogens is 1. The van der Waals surface area contributed by atoms with E-state index in [0.29, 0.717) is 6.42 Å². The largest absolute Gasteiger partial charge is 0.469 e. The lowest BCUT2D eigenvalue weighted by Gasteiger charge is -2.05. The molecule has 0 fully saturated rings. The Balaban J connectivity index is 2.27. The van der Waals surface area contributed by atoms with Crippen LogP contribution in [-0.2, 0) is 23.1 Å². The third kappa shape index (κ3) is 3.89. The highest BCUT2D eigenvalue weighted by Gasteiger charge is 2.05. The maximum Gasteiger partial charge on any atom is 0.305 e. The summed E-state index contributed by atoms with van der Waals surface area (Å²) in [4.78, 5) is 10.9. The Labute approximate surface area is 103 Å². The normalized spacial score (nSPS) is 10.6. The molecule has 1 N–H and O–H groups in total. The second-order valence-electron chi connectivity index (χ2n) is 4.31. The fraction of sp³-hybridized carbons (Fsp3) is 0.615. The minimum absolute atomic E-state index is 0.140. The van der Waals surface area contributed by atoms with Gasteiger partial charge >= 0.3 is 5.97 Å². The number of nitrogens with one attached hydrogen (secondary N) is 1. The van der Waals surface area contributed by atoms with Crippen LogP contribution in [0.4, 0.5) is 0 Å². The van der Waals surface area contributed by atoms with Crippen LogP contribution in [0.3, 0.4) is 0 Å². The average molecular weight is 238 g/mol. The Hall–Kier alpha value is -1.29. The first kappa shape index (κ1) is 13.8. The van der Waals surface area contributed by atoms with Gasteiger partial charge in [-0.3, -0.25) is 4.79 Å². The molecule has 0 amide bonds. The second kappa shape index (κ2) is 6.45. The monoisotopic (exact) mass is 238 g/mol. The third-order valence-electron chi connectivity index (χ3n) is 3.16. The molecule has 96 valence electrons. The molecule has 0 radical (unpaired) electrons. The van der Waals surface area contributed by atoms with Crippen molar-refractivity contribution in [2.75, 3.05) is 13.7 Å². The first-order valence-corrected chi connectivity index (χ1v) is 5.95. The summed E-state index contributed by atoms with van der Waals surface area (Å²) in [7, 11) is 3.50. The molecule has 0 saturated heterocycles. The molecular weight excluding hydrogens is 216 g/mol. The molecular formula is C13H22N2O2. The van der Waals surface area contributed by atoms with Crippen molar-refractivity contribution in [1.82, 2.24) is 9.88 Å². The molecule has 1 aromatic rings. The summed E-state index contributed by atoms with van der Waals surface area (Å²) in [6.07, 6.45) is 1.30. The van der Waals surface area contributed by atoms with Gasteiger partial charge in [0.25, 0.3) is 0 Å². The van der Waals surface area contributed by atoms with Gasteiger partial charge in [-0.2, -0.15) is 0 Å². The second-order valence-corrected chi connectivity index (χ2v) is 4.31. The van der Waals surface area contributed by atoms with Gasteiger partial charge in [-0.05, 0) is 38.4 Å². The van der Waals surface area contributed by atoms with Gasteiger partial charge in [0, 0.05) is 31.4 Å². The number of rotatable bonds is 6. The lowest BCUT2D eigenvalue weighted by molar-refractivity contribution is -0.140. The van der Waals surface area contributed by atoms with E-state index in [9.17, 15) is 4.79 Å². The van der Waals surface area contributed by atoms with E-state index >= 15 is 0 Å². The summed E-state index contributed by atoms with van der Waals surface area (Å²) < 4.78 is 6.77. The van der Waals surface area contributed by atoms with Crippen molar-refractivity contribution in [2.24, 2.45) is 7.05 Å². The molecule has 0 saturated carbocycles. The maximum atomic E-state index is 10.9. The molecule has 4 nitrogen and oxygen atoms in total. The van der Waals surface area contributed by atoms with Gasteiger partial charge in [0.1, 0.15) is 0 Å². The molecule has 4 heteroatoms. The number of carbonyl (C=O) groups excluding carboxylic acids is 1. The van der Waals surface area contributed by atoms with Crippen molar-refractivity contribution in [2.45, 2.75) is 33.2 Å². The number of hydrogen-bond acceptors (Lipinski definition) is 3. The minimum Gasteiger partial charge on any atom is -0.469 e. The van der Waals surface area contributed by atoms with Gasteiger partial charge in [0.15, 0.2) is 0 Å². The zero-order valence-electron chi connectivity index (χ0n) is 11.2. The van der Waals surface area contributed by atoms with E-state index in [1.165, 1.54) is 24.1 Å². The molecule has 0 aliphatic carbocycles. The zero-order chi connectivity index (χ0) is 12.8. The molecule has 1 aromatic heterocycles.